The van der Waals surface area contributed by atoms with Crippen molar-refractivity contribution in [2.45, 2.75) is 12.8 Å². The predicted molar refractivity (Wildman–Crippen MR) is 51.9 cm³/mol. The number of hydrogen-bond donors (Lipinski definition) is 1. The van der Waals surface area contributed by atoms with E-state index in [1.165, 1.54) is 6.07 Å². The van der Waals surface area contributed by atoms with Crippen LogP contribution in [0.4, 0.5) is 14.6 Å². The molecule has 0 unspecified atom stereocenters. The van der Waals surface area contributed by atoms with Crippen molar-refractivity contribution in [3.8, 4) is 6.07 Å². The van der Waals surface area contributed by atoms with Crippen LogP contribution in [-0.2, 0) is 11.2 Å². The van der Waals surface area contributed by atoms with Gasteiger partial charge < -0.3 is 15.2 Å². The Morgan fingerprint density at radius 2 is 2.28 bits per heavy atom. The van der Waals surface area contributed by atoms with E-state index in [2.05, 4.69) is 4.98 Å². The Morgan fingerprint density at radius 3 is 2.67 bits per heavy atom. The summed E-state index contributed by atoms with van der Waals surface area (Å²) in [5.41, 5.74) is -2.15. The molecule has 0 spiro atoms. The second-order valence-electron chi connectivity index (χ2n) is 3.14. The average molecular weight is 257 g/mol. The van der Waals surface area contributed by atoms with Gasteiger partial charge in [-0.1, -0.05) is 0 Å². The van der Waals surface area contributed by atoms with Crippen molar-refractivity contribution >= 4 is 11.8 Å². The Morgan fingerprint density at radius 1 is 1.67 bits per heavy atom. The lowest BCUT2D eigenvalue weighted by Gasteiger charge is -2.06. The maximum Gasteiger partial charge on any atom is 0.373 e. The molecule has 0 aliphatic rings. The van der Waals surface area contributed by atoms with Gasteiger partial charge in [-0.05, 0) is 9.91 Å². The summed E-state index contributed by atoms with van der Waals surface area (Å²) in [5.74, 6) is -2.50. The number of halogens is 2. The Kier molecular flexibility index (Phi) is 3.83. The smallest absolute Gasteiger partial charge is 0.373 e. The third kappa shape index (κ3) is 2.54. The summed E-state index contributed by atoms with van der Waals surface area (Å²) in [7, 11) is 0. The van der Waals surface area contributed by atoms with Crippen LogP contribution in [0.5, 0.6) is 0 Å². The largest absolute Gasteiger partial charge is 0.481 e. The first-order chi connectivity index (χ1) is 8.38. The van der Waals surface area contributed by atoms with Gasteiger partial charge in [0.1, 0.15) is 17.8 Å². The number of carboxylic acids is 1. The van der Waals surface area contributed by atoms with E-state index in [1.54, 1.807) is 0 Å². The van der Waals surface area contributed by atoms with Gasteiger partial charge in [0, 0.05) is 5.56 Å². The van der Waals surface area contributed by atoms with Crippen LogP contribution in [0.2, 0.25) is 0 Å². The number of carbonyl (C=O) groups is 1. The molecule has 0 saturated carbocycles. The third-order valence-corrected chi connectivity index (χ3v) is 2.02. The standard InChI is InChI=1S/C9H5F2N3O4/c10-8(11)7-5(2-12)4(1-6(15)16)3-13-9(7)14(17)18/h3,8H,1H2,(H,15,16). The summed E-state index contributed by atoms with van der Waals surface area (Å²) in [6.45, 7) is 0. The normalized spacial score (nSPS) is 10.1. The van der Waals surface area contributed by atoms with Crippen molar-refractivity contribution in [3.63, 3.8) is 0 Å². The van der Waals surface area contributed by atoms with Gasteiger partial charge in [-0.15, -0.1) is 0 Å². The summed E-state index contributed by atoms with van der Waals surface area (Å²) in [6.07, 6.45) is -3.26. The number of nitriles is 1. The number of nitro groups is 1. The summed E-state index contributed by atoms with van der Waals surface area (Å²) >= 11 is 0. The van der Waals surface area contributed by atoms with Crippen LogP contribution >= 0.6 is 0 Å². The van der Waals surface area contributed by atoms with Crippen LogP contribution in [0.15, 0.2) is 6.20 Å². The van der Waals surface area contributed by atoms with Crippen LogP contribution in [0, 0.1) is 21.4 Å². The lowest BCUT2D eigenvalue weighted by molar-refractivity contribution is -0.391. The quantitative estimate of drug-likeness (QED) is 0.643. The first-order valence-corrected chi connectivity index (χ1v) is 4.44. The first kappa shape index (κ1) is 13.4. The highest BCUT2D eigenvalue weighted by Gasteiger charge is 2.30. The summed E-state index contributed by atoms with van der Waals surface area (Å²) in [6, 6.07) is 1.36. The molecule has 1 N–H and O–H groups in total. The summed E-state index contributed by atoms with van der Waals surface area (Å²) in [5, 5.41) is 27.8. The third-order valence-electron chi connectivity index (χ3n) is 2.02. The van der Waals surface area contributed by atoms with Crippen LogP contribution < -0.4 is 0 Å². The van der Waals surface area contributed by atoms with E-state index in [4.69, 9.17) is 10.4 Å². The van der Waals surface area contributed by atoms with Crippen LogP contribution in [-0.4, -0.2) is 21.0 Å². The van der Waals surface area contributed by atoms with E-state index in [0.29, 0.717) is 0 Å². The first-order valence-electron chi connectivity index (χ1n) is 4.44. The van der Waals surface area contributed by atoms with Crippen LogP contribution in [0.25, 0.3) is 0 Å². The van der Waals surface area contributed by atoms with E-state index < -0.39 is 40.7 Å². The zero-order chi connectivity index (χ0) is 13.9. The van der Waals surface area contributed by atoms with Crippen molar-refractivity contribution < 1.29 is 23.6 Å². The average Bonchev–Trinajstić information content (AvgIpc) is 2.26. The van der Waals surface area contributed by atoms with Crippen molar-refractivity contribution in [2.75, 3.05) is 0 Å². The van der Waals surface area contributed by atoms with Gasteiger partial charge in [0.05, 0.1) is 12.0 Å². The lowest BCUT2D eigenvalue weighted by Crippen LogP contribution is -2.09. The van der Waals surface area contributed by atoms with E-state index in [-0.39, 0.29) is 5.56 Å². The molecule has 1 rings (SSSR count). The Balaban J connectivity index is 3.54. The number of alkyl halides is 2. The minimum atomic E-state index is -3.29. The summed E-state index contributed by atoms with van der Waals surface area (Å²) in [4.78, 5) is 23.0. The molecule has 0 aliphatic heterocycles. The molecule has 94 valence electrons. The fraction of sp³-hybridized carbons (Fsp3) is 0.222. The second kappa shape index (κ2) is 5.13. The molecule has 1 aromatic heterocycles. The van der Waals surface area contributed by atoms with Crippen molar-refractivity contribution in [1.82, 2.24) is 4.98 Å². The Bertz CT molecular complexity index is 553. The number of aliphatic carboxylic acids is 1. The molecule has 0 atom stereocenters. The van der Waals surface area contributed by atoms with Crippen molar-refractivity contribution in [2.24, 2.45) is 0 Å². The SMILES string of the molecule is N#Cc1c(CC(=O)O)cnc([N+](=O)[O-])c1C(F)F. The maximum atomic E-state index is 12.7. The maximum absolute atomic E-state index is 12.7. The van der Waals surface area contributed by atoms with E-state index in [1.807, 2.05) is 0 Å². The fourth-order valence-corrected chi connectivity index (χ4v) is 1.34. The summed E-state index contributed by atoms with van der Waals surface area (Å²) < 4.78 is 25.4. The molecule has 0 bridgehead atoms. The molecule has 1 heterocycles. The van der Waals surface area contributed by atoms with Gasteiger partial charge >= 0.3 is 11.8 Å². The number of pyridine rings is 1. The monoisotopic (exact) mass is 257 g/mol. The zero-order valence-corrected chi connectivity index (χ0v) is 8.63. The van der Waals surface area contributed by atoms with Gasteiger partial charge in [-0.3, -0.25) is 4.79 Å². The van der Waals surface area contributed by atoms with Gasteiger partial charge in [-0.25, -0.2) is 8.78 Å². The molecule has 7 nitrogen and oxygen atoms in total. The van der Waals surface area contributed by atoms with E-state index >= 15 is 0 Å². The highest BCUT2D eigenvalue weighted by atomic mass is 19.3. The Labute approximate surface area is 98.4 Å². The molecule has 0 aromatic carbocycles. The molecule has 9 heteroatoms. The molecular weight excluding hydrogens is 252 g/mol. The minimum Gasteiger partial charge on any atom is -0.481 e. The van der Waals surface area contributed by atoms with E-state index in [0.717, 1.165) is 6.20 Å². The minimum absolute atomic E-state index is 0.286. The molecule has 18 heavy (non-hydrogen) atoms. The number of hydrogen-bond acceptors (Lipinski definition) is 5. The molecule has 0 saturated heterocycles. The second-order valence-corrected chi connectivity index (χ2v) is 3.14. The predicted octanol–water partition coefficient (Wildman–Crippen LogP) is 1.43. The van der Waals surface area contributed by atoms with Crippen LogP contribution in [0.3, 0.4) is 0 Å². The van der Waals surface area contributed by atoms with Crippen LogP contribution in [0.1, 0.15) is 23.1 Å². The molecule has 1 aromatic rings. The number of rotatable bonds is 4. The van der Waals surface area contributed by atoms with Gasteiger partial charge in [0.25, 0.3) is 6.43 Å². The fourth-order valence-electron chi connectivity index (χ4n) is 1.34. The van der Waals surface area contributed by atoms with Crippen molar-refractivity contribution in [1.29, 1.82) is 5.26 Å². The van der Waals surface area contributed by atoms with E-state index in [9.17, 15) is 23.7 Å². The molecule has 0 fully saturated rings. The van der Waals surface area contributed by atoms with Crippen molar-refractivity contribution in [3.05, 3.63) is 33.0 Å². The molecular formula is C9H5F2N3O4. The number of nitrogens with zero attached hydrogens (tertiary/aromatic N) is 3. The molecule has 0 amide bonds. The van der Waals surface area contributed by atoms with Gasteiger partial charge in [0.2, 0.25) is 0 Å². The highest BCUT2D eigenvalue weighted by molar-refractivity contribution is 5.72. The number of carboxylic acid groups (broad SMARTS) is 1. The molecule has 0 aliphatic carbocycles. The van der Waals surface area contributed by atoms with Gasteiger partial charge in [0.15, 0.2) is 0 Å². The highest BCUT2D eigenvalue weighted by Crippen LogP contribution is 2.31. The topological polar surface area (TPSA) is 117 Å². The Hall–Kier alpha value is -2.63. The van der Waals surface area contributed by atoms with Gasteiger partial charge in [-0.2, -0.15) is 5.26 Å². The lowest BCUT2D eigenvalue weighted by atomic mass is 10.0. The zero-order valence-electron chi connectivity index (χ0n) is 8.63. The number of aromatic nitrogens is 1. The molecule has 0 radical (unpaired) electrons.